The Balaban J connectivity index is 4.47. The number of rotatable bonds is 50. The maximum absolute atomic E-state index is 12.8. The predicted octanol–water partition coefficient (Wildman–Crippen LogP) is 19.4. The Hall–Kier alpha value is -4.45. The van der Waals surface area contributed by atoms with Crippen molar-refractivity contribution in [1.82, 2.24) is 0 Å². The predicted molar refractivity (Wildman–Crippen MR) is 306 cm³/mol. The lowest BCUT2D eigenvalue weighted by atomic mass is 10.1. The van der Waals surface area contributed by atoms with E-state index in [1.165, 1.54) is 77.0 Å². The minimum absolute atomic E-state index is 0.0879. The van der Waals surface area contributed by atoms with E-state index in [1.54, 1.807) is 6.08 Å². The first-order chi connectivity index (χ1) is 35.0. The van der Waals surface area contributed by atoms with E-state index in [9.17, 15) is 14.4 Å². The van der Waals surface area contributed by atoms with Crippen molar-refractivity contribution in [2.75, 3.05) is 13.2 Å². The van der Waals surface area contributed by atoms with Gasteiger partial charge in [0.2, 0.25) is 0 Å². The number of carbonyl (C=O) groups excluding carboxylic acids is 3. The molecule has 0 saturated carbocycles. The third kappa shape index (κ3) is 56.3. The fourth-order valence-electron chi connectivity index (χ4n) is 7.42. The van der Waals surface area contributed by atoms with Crippen molar-refractivity contribution >= 4 is 17.9 Å². The summed E-state index contributed by atoms with van der Waals surface area (Å²) >= 11 is 0. The molecule has 0 saturated heterocycles. The van der Waals surface area contributed by atoms with Crippen LogP contribution in [0.1, 0.15) is 239 Å². The van der Waals surface area contributed by atoms with Crippen LogP contribution in [0, 0.1) is 0 Å². The molecule has 6 nitrogen and oxygen atoms in total. The summed E-state index contributed by atoms with van der Waals surface area (Å²) in [6.07, 6.45) is 81.8. The first-order valence-corrected chi connectivity index (χ1v) is 28.7. The van der Waals surface area contributed by atoms with Crippen LogP contribution in [0.4, 0.5) is 0 Å². The largest absolute Gasteiger partial charge is 0.462 e. The van der Waals surface area contributed by atoms with Gasteiger partial charge in [-0.3, -0.25) is 14.4 Å². The number of ether oxygens (including phenoxy) is 3. The molecule has 0 amide bonds. The smallest absolute Gasteiger partial charge is 0.310 e. The summed E-state index contributed by atoms with van der Waals surface area (Å²) in [5.74, 6) is -1.08. The Morgan fingerprint density at radius 2 is 0.592 bits per heavy atom. The van der Waals surface area contributed by atoms with E-state index in [4.69, 9.17) is 14.2 Å². The van der Waals surface area contributed by atoms with E-state index in [0.717, 1.165) is 116 Å². The zero-order valence-electron chi connectivity index (χ0n) is 45.7. The van der Waals surface area contributed by atoms with Crippen LogP contribution < -0.4 is 0 Å². The molecule has 0 aromatic carbocycles. The topological polar surface area (TPSA) is 78.9 Å². The van der Waals surface area contributed by atoms with Crippen LogP contribution in [0.25, 0.3) is 0 Å². The zero-order chi connectivity index (χ0) is 51.4. The molecule has 0 heterocycles. The second-order valence-electron chi connectivity index (χ2n) is 18.4. The average molecular weight is 982 g/mol. The van der Waals surface area contributed by atoms with Gasteiger partial charge in [-0.1, -0.05) is 238 Å². The van der Waals surface area contributed by atoms with Crippen molar-refractivity contribution < 1.29 is 28.6 Å². The van der Waals surface area contributed by atoms with Crippen LogP contribution in [-0.4, -0.2) is 37.2 Å². The third-order valence-corrected chi connectivity index (χ3v) is 11.7. The second-order valence-corrected chi connectivity index (χ2v) is 18.4. The molecule has 0 fully saturated rings. The van der Waals surface area contributed by atoms with Gasteiger partial charge < -0.3 is 14.2 Å². The molecule has 0 aromatic heterocycles. The van der Waals surface area contributed by atoms with Gasteiger partial charge in [-0.25, -0.2) is 0 Å². The molecule has 0 radical (unpaired) electrons. The van der Waals surface area contributed by atoms with Gasteiger partial charge in [0.15, 0.2) is 6.10 Å². The van der Waals surface area contributed by atoms with Crippen molar-refractivity contribution in [1.29, 1.82) is 0 Å². The number of esters is 3. The van der Waals surface area contributed by atoms with Crippen LogP contribution in [0.2, 0.25) is 0 Å². The Morgan fingerprint density at radius 3 is 0.930 bits per heavy atom. The highest BCUT2D eigenvalue weighted by Gasteiger charge is 2.19. The van der Waals surface area contributed by atoms with Gasteiger partial charge in [0.1, 0.15) is 13.2 Å². The maximum atomic E-state index is 12.8. The van der Waals surface area contributed by atoms with Crippen molar-refractivity contribution in [2.45, 2.75) is 245 Å². The molecule has 0 bridgehead atoms. The quantitative estimate of drug-likeness (QED) is 0.0262. The lowest BCUT2D eigenvalue weighted by Crippen LogP contribution is -2.30. The van der Waals surface area contributed by atoms with Crippen LogP contribution in [-0.2, 0) is 28.6 Å². The van der Waals surface area contributed by atoms with Crippen molar-refractivity contribution in [2.24, 2.45) is 0 Å². The molecule has 0 aliphatic heterocycles. The zero-order valence-corrected chi connectivity index (χ0v) is 45.7. The van der Waals surface area contributed by atoms with E-state index >= 15 is 0 Å². The molecule has 0 spiro atoms. The second kappa shape index (κ2) is 58.1. The van der Waals surface area contributed by atoms with E-state index in [0.29, 0.717) is 19.3 Å². The summed E-state index contributed by atoms with van der Waals surface area (Å²) in [6, 6.07) is 0. The van der Waals surface area contributed by atoms with E-state index in [2.05, 4.69) is 142 Å². The first-order valence-electron chi connectivity index (χ1n) is 28.7. The van der Waals surface area contributed by atoms with Gasteiger partial charge in [-0.2, -0.15) is 0 Å². The Kier molecular flexibility index (Phi) is 54.5. The summed E-state index contributed by atoms with van der Waals surface area (Å²) in [6.45, 7) is 6.28. The molecule has 6 heteroatoms. The Morgan fingerprint density at radius 1 is 0.310 bits per heavy atom. The average Bonchev–Trinajstić information content (AvgIpc) is 3.37. The van der Waals surface area contributed by atoms with E-state index in [1.807, 2.05) is 6.08 Å². The minimum Gasteiger partial charge on any atom is -0.462 e. The van der Waals surface area contributed by atoms with Crippen molar-refractivity contribution in [3.8, 4) is 0 Å². The number of carbonyl (C=O) groups is 3. The fraction of sp³-hybridized carbons (Fsp3) is 0.615. The monoisotopic (exact) mass is 981 g/mol. The number of unbranched alkanes of at least 4 members (excludes halogenated alkanes) is 18. The van der Waals surface area contributed by atoms with Crippen molar-refractivity contribution in [3.63, 3.8) is 0 Å². The highest BCUT2D eigenvalue weighted by molar-refractivity contribution is 5.72. The highest BCUT2D eigenvalue weighted by atomic mass is 16.6. The van der Waals surface area contributed by atoms with Gasteiger partial charge >= 0.3 is 17.9 Å². The number of hydrogen-bond donors (Lipinski definition) is 0. The molecule has 0 aliphatic rings. The third-order valence-electron chi connectivity index (χ3n) is 11.7. The van der Waals surface area contributed by atoms with Crippen LogP contribution in [0.15, 0.2) is 134 Å². The molecule has 0 aliphatic carbocycles. The van der Waals surface area contributed by atoms with Crippen molar-refractivity contribution in [3.05, 3.63) is 134 Å². The minimum atomic E-state index is -0.845. The molecule has 400 valence electrons. The highest BCUT2D eigenvalue weighted by Crippen LogP contribution is 2.14. The van der Waals surface area contributed by atoms with E-state index in [-0.39, 0.29) is 31.6 Å². The van der Waals surface area contributed by atoms with Crippen LogP contribution >= 0.6 is 0 Å². The summed E-state index contributed by atoms with van der Waals surface area (Å²) in [7, 11) is 0. The molecule has 1 unspecified atom stereocenters. The normalized spacial score (nSPS) is 13.1. The molecular formula is C65H104O6. The van der Waals surface area contributed by atoms with Gasteiger partial charge in [-0.15, -0.1) is 0 Å². The lowest BCUT2D eigenvalue weighted by Gasteiger charge is -2.18. The van der Waals surface area contributed by atoms with Gasteiger partial charge in [0.05, 0.1) is 6.42 Å². The molecule has 1 atom stereocenters. The maximum Gasteiger partial charge on any atom is 0.310 e. The first kappa shape index (κ1) is 66.6. The summed E-state index contributed by atoms with van der Waals surface area (Å²) < 4.78 is 16.7. The standard InChI is InChI=1S/C65H104O6/c1-4-7-10-13-16-19-22-25-28-29-30-31-32-33-34-35-38-40-43-46-49-52-55-58-64(67)70-61-62(71-65(68)59-56-53-50-47-44-41-37-27-24-21-18-15-12-9-6-3)60-69-63(66)57-54-51-48-45-42-39-36-26-23-20-17-14-11-8-5-2/h7,9-10,12,16-21,25-28,30-31,36-37,44,47,53,56,62H,4-6,8,11,13-15,22-24,29,32-35,38-43,45-46,48-52,54-55,57-61H2,1-3H3/b10-7-,12-9-,19-16-,20-17-,21-18-,28-25-,31-30-,36-26-,37-27-,47-44-,56-53-. The Labute approximate surface area is 436 Å². The van der Waals surface area contributed by atoms with Gasteiger partial charge in [-0.05, 0) is 116 Å². The molecule has 0 rings (SSSR count). The number of allylic oxidation sites excluding steroid dienone is 21. The lowest BCUT2D eigenvalue weighted by molar-refractivity contribution is -0.166. The summed E-state index contributed by atoms with van der Waals surface area (Å²) in [4.78, 5) is 38.1. The van der Waals surface area contributed by atoms with Gasteiger partial charge in [0.25, 0.3) is 0 Å². The van der Waals surface area contributed by atoms with Gasteiger partial charge in [0, 0.05) is 12.8 Å². The molecule has 71 heavy (non-hydrogen) atoms. The fourth-order valence-corrected chi connectivity index (χ4v) is 7.42. The summed E-state index contributed by atoms with van der Waals surface area (Å²) in [5.41, 5.74) is 0. The van der Waals surface area contributed by atoms with Crippen LogP contribution in [0.3, 0.4) is 0 Å². The summed E-state index contributed by atoms with van der Waals surface area (Å²) in [5, 5.41) is 0. The molecular weight excluding hydrogens is 877 g/mol. The Bertz CT molecular complexity index is 1550. The SMILES string of the molecule is CC/C=C\C/C=C\C/C=C\C/C=C\C/C=C\CC(=O)OC(COC(=O)CCCCCCC/C=C\C/C=C\CCCCC)COC(=O)CCCCCCCCCCCC/C=C\C/C=C\C/C=C\C/C=C\CC. The van der Waals surface area contributed by atoms with Crippen LogP contribution in [0.5, 0.6) is 0 Å². The molecule has 0 aromatic rings. The number of hydrogen-bond acceptors (Lipinski definition) is 6. The van der Waals surface area contributed by atoms with E-state index < -0.39 is 12.1 Å². The molecule has 0 N–H and O–H groups in total.